The molecule has 29 heavy (non-hydrogen) atoms. The van der Waals surface area contributed by atoms with Gasteiger partial charge in [-0.2, -0.15) is 0 Å². The molecule has 0 amide bonds. The summed E-state index contributed by atoms with van der Waals surface area (Å²) >= 11 is 0. The first-order valence-corrected chi connectivity index (χ1v) is 8.91. The maximum absolute atomic E-state index is 12.8. The predicted molar refractivity (Wildman–Crippen MR) is 106 cm³/mol. The summed E-state index contributed by atoms with van der Waals surface area (Å²) in [6, 6.07) is 13.7. The molecule has 4 rings (SSSR count). The van der Waals surface area contributed by atoms with E-state index in [4.69, 9.17) is 14.2 Å². The Morgan fingerprint density at radius 3 is 2.62 bits per heavy atom. The van der Waals surface area contributed by atoms with Gasteiger partial charge < -0.3 is 14.2 Å². The molecule has 0 saturated heterocycles. The number of pyridine rings is 1. The maximum Gasteiger partial charge on any atom is 0.343 e. The van der Waals surface area contributed by atoms with Gasteiger partial charge in [0.15, 0.2) is 5.76 Å². The summed E-state index contributed by atoms with van der Waals surface area (Å²) in [4.78, 5) is 29.0. The number of ketones is 1. The van der Waals surface area contributed by atoms with E-state index < -0.39 is 5.97 Å². The Labute approximate surface area is 167 Å². The largest absolute Gasteiger partial charge is 0.496 e. The molecule has 2 aromatic carbocycles. The molecule has 0 unspecified atom stereocenters. The monoisotopic (exact) mass is 387 g/mol. The molecule has 0 bridgehead atoms. The number of methoxy groups -OCH3 is 1. The minimum atomic E-state index is -0.513. The minimum Gasteiger partial charge on any atom is -0.496 e. The van der Waals surface area contributed by atoms with Crippen molar-refractivity contribution in [1.29, 1.82) is 0 Å². The van der Waals surface area contributed by atoms with Crippen LogP contribution >= 0.6 is 0 Å². The highest BCUT2D eigenvalue weighted by molar-refractivity contribution is 6.15. The van der Waals surface area contributed by atoms with Gasteiger partial charge in [-0.15, -0.1) is 0 Å². The van der Waals surface area contributed by atoms with Crippen LogP contribution in [0.1, 0.15) is 31.8 Å². The van der Waals surface area contributed by atoms with Crippen molar-refractivity contribution in [2.75, 3.05) is 7.11 Å². The Morgan fingerprint density at radius 1 is 1.10 bits per heavy atom. The lowest BCUT2D eigenvalue weighted by atomic mass is 10.0. The second-order valence-electron chi connectivity index (χ2n) is 6.42. The molecule has 0 atom stereocenters. The molecule has 0 aliphatic carbocycles. The van der Waals surface area contributed by atoms with E-state index in [1.54, 1.807) is 50.4 Å². The summed E-state index contributed by atoms with van der Waals surface area (Å²) in [7, 11) is 1.57. The number of allylic oxidation sites excluding steroid dienone is 1. The number of fused-ring (bicyclic) bond motifs is 1. The van der Waals surface area contributed by atoms with Crippen LogP contribution in [0.25, 0.3) is 6.08 Å². The Kier molecular flexibility index (Phi) is 4.83. The van der Waals surface area contributed by atoms with Crippen molar-refractivity contribution in [3.8, 4) is 17.2 Å². The molecule has 0 N–H and O–H groups in total. The molecular weight excluding hydrogens is 370 g/mol. The fourth-order valence-electron chi connectivity index (χ4n) is 3.12. The van der Waals surface area contributed by atoms with E-state index in [1.807, 2.05) is 18.2 Å². The van der Waals surface area contributed by atoms with Crippen LogP contribution in [0, 0.1) is 6.92 Å². The number of aromatic nitrogens is 1. The van der Waals surface area contributed by atoms with Gasteiger partial charge in [0.25, 0.3) is 0 Å². The van der Waals surface area contributed by atoms with Crippen LogP contribution < -0.4 is 14.2 Å². The predicted octanol–water partition coefficient (Wildman–Crippen LogP) is 4.23. The molecular formula is C23H17NO5. The number of benzene rings is 2. The number of nitrogens with zero attached hydrogens (tertiary/aromatic N) is 1. The molecule has 3 aromatic rings. The van der Waals surface area contributed by atoms with Gasteiger partial charge in [-0.25, -0.2) is 4.79 Å². The first-order valence-electron chi connectivity index (χ1n) is 8.91. The first-order chi connectivity index (χ1) is 14.1. The first kappa shape index (κ1) is 18.4. The Morgan fingerprint density at radius 2 is 1.86 bits per heavy atom. The van der Waals surface area contributed by atoms with Gasteiger partial charge in [-0.05, 0) is 42.8 Å². The molecule has 2 heterocycles. The van der Waals surface area contributed by atoms with Crippen molar-refractivity contribution in [2.45, 2.75) is 6.92 Å². The van der Waals surface area contributed by atoms with E-state index in [9.17, 15) is 9.59 Å². The number of carbonyl (C=O) groups excluding carboxylic acids is 2. The van der Waals surface area contributed by atoms with Crippen molar-refractivity contribution >= 4 is 17.8 Å². The van der Waals surface area contributed by atoms with Crippen molar-refractivity contribution in [1.82, 2.24) is 4.98 Å². The van der Waals surface area contributed by atoms with Crippen LogP contribution in [0.5, 0.6) is 17.2 Å². The molecule has 0 spiro atoms. The molecule has 6 nitrogen and oxygen atoms in total. The van der Waals surface area contributed by atoms with Crippen molar-refractivity contribution in [3.63, 3.8) is 0 Å². The third-order valence-electron chi connectivity index (χ3n) is 4.50. The van der Waals surface area contributed by atoms with Crippen molar-refractivity contribution in [2.24, 2.45) is 0 Å². The van der Waals surface area contributed by atoms with Gasteiger partial charge >= 0.3 is 5.97 Å². The lowest BCUT2D eigenvalue weighted by molar-refractivity contribution is 0.0734. The Balaban J connectivity index is 1.63. The average Bonchev–Trinajstić information content (AvgIpc) is 3.04. The smallest absolute Gasteiger partial charge is 0.343 e. The van der Waals surface area contributed by atoms with Crippen LogP contribution in [0.2, 0.25) is 0 Å². The Bertz CT molecular complexity index is 1140. The molecule has 6 heteroatoms. The van der Waals surface area contributed by atoms with E-state index >= 15 is 0 Å². The molecule has 0 fully saturated rings. The van der Waals surface area contributed by atoms with Crippen LogP contribution in [-0.4, -0.2) is 23.8 Å². The summed E-state index contributed by atoms with van der Waals surface area (Å²) in [6.45, 7) is 1.77. The lowest BCUT2D eigenvalue weighted by Gasteiger charge is -2.07. The fourth-order valence-corrected chi connectivity index (χ4v) is 3.12. The minimum absolute atomic E-state index is 0.185. The molecule has 144 valence electrons. The second-order valence-corrected chi connectivity index (χ2v) is 6.42. The summed E-state index contributed by atoms with van der Waals surface area (Å²) < 4.78 is 16.5. The van der Waals surface area contributed by atoms with Crippen molar-refractivity contribution < 1.29 is 23.8 Å². The van der Waals surface area contributed by atoms with Gasteiger partial charge in [0.2, 0.25) is 5.78 Å². The number of hydrogen-bond donors (Lipinski definition) is 0. The number of hydrogen-bond acceptors (Lipinski definition) is 6. The molecule has 1 aliphatic rings. The summed E-state index contributed by atoms with van der Waals surface area (Å²) in [5.41, 5.74) is 2.23. The molecule has 0 saturated carbocycles. The zero-order valence-electron chi connectivity index (χ0n) is 15.8. The normalized spacial score (nSPS) is 13.7. The van der Waals surface area contributed by atoms with E-state index in [0.29, 0.717) is 33.9 Å². The number of carbonyl (C=O) groups is 2. The van der Waals surface area contributed by atoms with Crippen molar-refractivity contribution in [3.05, 3.63) is 88.9 Å². The summed E-state index contributed by atoms with van der Waals surface area (Å²) in [5, 5.41) is 0. The average molecular weight is 387 g/mol. The molecule has 1 aliphatic heterocycles. The van der Waals surface area contributed by atoms with Gasteiger partial charge in [0.1, 0.15) is 17.2 Å². The third kappa shape index (κ3) is 3.60. The number of Topliss-reactive ketones (excluding diaryl/α,β-unsaturated/α-hetero) is 1. The number of para-hydroxylation sites is 1. The summed E-state index contributed by atoms with van der Waals surface area (Å²) in [6.07, 6.45) is 4.67. The Hall–Kier alpha value is -3.93. The standard InChI is InChI=1S/C23H17NO5/c1-14-11-17(28-23(26)15-7-9-24-10-8-15)13-19-21(14)22(25)20(29-19)12-16-5-3-4-6-18(16)27-2/h3-13H,1-2H3/b20-12-. The molecule has 1 aromatic heterocycles. The van der Waals surface area contributed by atoms with Crippen LogP contribution in [0.3, 0.4) is 0 Å². The highest BCUT2D eigenvalue weighted by Gasteiger charge is 2.30. The topological polar surface area (TPSA) is 74.7 Å². The lowest BCUT2D eigenvalue weighted by Crippen LogP contribution is -2.08. The number of rotatable bonds is 4. The second kappa shape index (κ2) is 7.59. The van der Waals surface area contributed by atoms with E-state index in [0.717, 1.165) is 5.56 Å². The van der Waals surface area contributed by atoms with Gasteiger partial charge in [-0.1, -0.05) is 18.2 Å². The maximum atomic E-state index is 12.8. The zero-order chi connectivity index (χ0) is 20.4. The molecule has 0 radical (unpaired) electrons. The van der Waals surface area contributed by atoms with Gasteiger partial charge in [0.05, 0.1) is 18.2 Å². The van der Waals surface area contributed by atoms with Crippen LogP contribution in [-0.2, 0) is 0 Å². The van der Waals surface area contributed by atoms with Gasteiger partial charge in [0, 0.05) is 24.0 Å². The highest BCUT2D eigenvalue weighted by atomic mass is 16.5. The number of aryl methyl sites for hydroxylation is 1. The van der Waals surface area contributed by atoms with E-state index in [-0.39, 0.29) is 11.5 Å². The van der Waals surface area contributed by atoms with Crippen LogP contribution in [0.15, 0.2) is 66.7 Å². The number of esters is 1. The fraction of sp³-hybridized carbons (Fsp3) is 0.0870. The number of ether oxygens (including phenoxy) is 3. The highest BCUT2D eigenvalue weighted by Crippen LogP contribution is 2.38. The SMILES string of the molecule is COc1ccccc1/C=C1\Oc2cc(OC(=O)c3ccncc3)cc(C)c2C1=O. The third-order valence-corrected chi connectivity index (χ3v) is 4.50. The van der Waals surface area contributed by atoms with E-state index in [1.165, 1.54) is 12.4 Å². The van der Waals surface area contributed by atoms with Gasteiger partial charge in [-0.3, -0.25) is 9.78 Å². The zero-order valence-corrected chi connectivity index (χ0v) is 15.8. The van der Waals surface area contributed by atoms with E-state index in [2.05, 4.69) is 4.98 Å². The quantitative estimate of drug-likeness (QED) is 0.379. The summed E-state index contributed by atoms with van der Waals surface area (Å²) in [5.74, 6) is 0.737. The van der Waals surface area contributed by atoms with Crippen LogP contribution in [0.4, 0.5) is 0 Å².